The first-order chi connectivity index (χ1) is 6.26. The van der Waals surface area contributed by atoms with Crippen molar-refractivity contribution in [2.45, 2.75) is 11.8 Å². The number of alkyl halides is 1. The van der Waals surface area contributed by atoms with Crippen LogP contribution in [0.5, 0.6) is 0 Å². The van der Waals surface area contributed by atoms with Gasteiger partial charge >= 0.3 is 0 Å². The minimum Gasteiger partial charge on any atom is -0.130 e. The lowest BCUT2D eigenvalue weighted by Crippen LogP contribution is -1.78. The normalized spacial score (nSPS) is 11.8. The Bertz CT molecular complexity index is 287. The fourth-order valence-corrected chi connectivity index (χ4v) is 1.59. The van der Waals surface area contributed by atoms with Crippen LogP contribution < -0.4 is 0 Å². The van der Waals surface area contributed by atoms with Crippen molar-refractivity contribution in [2.24, 2.45) is 0 Å². The van der Waals surface area contributed by atoms with Crippen molar-refractivity contribution < 1.29 is 0 Å². The highest BCUT2D eigenvalue weighted by Crippen LogP contribution is 2.16. The number of hydrogen-bond donors (Lipinski definition) is 0. The second-order valence-corrected chi connectivity index (χ2v) is 4.34. The van der Waals surface area contributed by atoms with Crippen LogP contribution in [0.4, 0.5) is 0 Å². The molecule has 13 heavy (non-hydrogen) atoms. The molecule has 0 bridgehead atoms. The standard InChI is InChI=1S/C11H13BrS/c1-9(8-12)7-10-3-5-11(13-2)6-4-10/h3-7H,8H2,1-2H3. The average molecular weight is 257 g/mol. The van der Waals surface area contributed by atoms with Crippen molar-refractivity contribution >= 4 is 33.8 Å². The molecule has 0 atom stereocenters. The fraction of sp³-hybridized carbons (Fsp3) is 0.273. The summed E-state index contributed by atoms with van der Waals surface area (Å²) in [4.78, 5) is 1.31. The van der Waals surface area contributed by atoms with Gasteiger partial charge in [0, 0.05) is 10.2 Å². The van der Waals surface area contributed by atoms with E-state index in [1.54, 1.807) is 11.8 Å². The van der Waals surface area contributed by atoms with Crippen LogP contribution >= 0.6 is 27.7 Å². The minimum atomic E-state index is 0.942. The lowest BCUT2D eigenvalue weighted by atomic mass is 10.1. The molecule has 2 heteroatoms. The molecule has 0 saturated carbocycles. The maximum Gasteiger partial charge on any atom is 0.0242 e. The summed E-state index contributed by atoms with van der Waals surface area (Å²) >= 11 is 5.20. The van der Waals surface area contributed by atoms with E-state index in [4.69, 9.17) is 0 Å². The minimum absolute atomic E-state index is 0.942. The summed E-state index contributed by atoms with van der Waals surface area (Å²) in [5, 5.41) is 0.942. The summed E-state index contributed by atoms with van der Waals surface area (Å²) in [6, 6.07) is 8.60. The summed E-state index contributed by atoms with van der Waals surface area (Å²) in [6.45, 7) is 2.12. The van der Waals surface area contributed by atoms with E-state index in [2.05, 4.69) is 59.5 Å². The van der Waals surface area contributed by atoms with Crippen molar-refractivity contribution in [1.82, 2.24) is 0 Å². The van der Waals surface area contributed by atoms with E-state index in [0.29, 0.717) is 0 Å². The summed E-state index contributed by atoms with van der Waals surface area (Å²) in [5.74, 6) is 0. The third-order valence-electron chi connectivity index (χ3n) is 1.74. The molecule has 1 rings (SSSR count). The van der Waals surface area contributed by atoms with Gasteiger partial charge < -0.3 is 0 Å². The molecule has 0 N–H and O–H groups in total. The molecule has 70 valence electrons. The number of benzene rings is 1. The molecule has 0 aliphatic heterocycles. The first kappa shape index (κ1) is 10.9. The van der Waals surface area contributed by atoms with E-state index in [1.165, 1.54) is 16.0 Å². The zero-order valence-corrected chi connectivity index (χ0v) is 10.3. The number of hydrogen-bond acceptors (Lipinski definition) is 1. The van der Waals surface area contributed by atoms with Crippen LogP contribution in [0.25, 0.3) is 6.08 Å². The van der Waals surface area contributed by atoms with E-state index in [1.807, 2.05) is 0 Å². The Morgan fingerprint density at radius 3 is 2.46 bits per heavy atom. The van der Waals surface area contributed by atoms with E-state index in [-0.39, 0.29) is 0 Å². The second kappa shape index (κ2) is 5.51. The molecular formula is C11H13BrS. The highest BCUT2D eigenvalue weighted by atomic mass is 79.9. The van der Waals surface area contributed by atoms with Gasteiger partial charge in [-0.05, 0) is 30.9 Å². The Labute approximate surface area is 92.6 Å². The SMILES string of the molecule is CSc1ccc(C=C(C)CBr)cc1. The zero-order chi connectivity index (χ0) is 9.68. The number of rotatable bonds is 3. The van der Waals surface area contributed by atoms with Crippen molar-refractivity contribution in [1.29, 1.82) is 0 Å². The number of thioether (sulfide) groups is 1. The van der Waals surface area contributed by atoms with Gasteiger partial charge in [0.25, 0.3) is 0 Å². The van der Waals surface area contributed by atoms with Crippen molar-refractivity contribution in [3.05, 3.63) is 35.4 Å². The van der Waals surface area contributed by atoms with Crippen LogP contribution in [0.3, 0.4) is 0 Å². The fourth-order valence-electron chi connectivity index (χ4n) is 1.02. The maximum atomic E-state index is 3.43. The smallest absolute Gasteiger partial charge is 0.0242 e. The molecule has 0 aliphatic rings. The summed E-state index contributed by atoms with van der Waals surface area (Å²) < 4.78 is 0. The average Bonchev–Trinajstić information content (AvgIpc) is 2.19. The van der Waals surface area contributed by atoms with Gasteiger partial charge in [-0.3, -0.25) is 0 Å². The molecule has 0 fully saturated rings. The summed E-state index contributed by atoms with van der Waals surface area (Å²) in [7, 11) is 0. The number of halogens is 1. The lowest BCUT2D eigenvalue weighted by molar-refractivity contribution is 1.42. The van der Waals surface area contributed by atoms with E-state index in [0.717, 1.165) is 5.33 Å². The van der Waals surface area contributed by atoms with E-state index in [9.17, 15) is 0 Å². The summed E-state index contributed by atoms with van der Waals surface area (Å²) in [5.41, 5.74) is 2.62. The second-order valence-electron chi connectivity index (χ2n) is 2.90. The van der Waals surface area contributed by atoms with Crippen LogP contribution in [0.15, 0.2) is 34.7 Å². The van der Waals surface area contributed by atoms with Gasteiger partial charge in [-0.15, -0.1) is 11.8 Å². The van der Waals surface area contributed by atoms with Crippen LogP contribution in [0.2, 0.25) is 0 Å². The Morgan fingerprint density at radius 1 is 1.38 bits per heavy atom. The Hall–Kier alpha value is -0.210. The van der Waals surface area contributed by atoms with Gasteiger partial charge in [-0.1, -0.05) is 39.7 Å². The molecule has 0 radical (unpaired) electrons. The van der Waals surface area contributed by atoms with Crippen molar-refractivity contribution in [3.63, 3.8) is 0 Å². The molecule has 0 aromatic heterocycles. The molecule has 0 amide bonds. The van der Waals surface area contributed by atoms with E-state index >= 15 is 0 Å². The molecule has 0 saturated heterocycles. The largest absolute Gasteiger partial charge is 0.130 e. The Kier molecular flexibility index (Phi) is 4.60. The summed E-state index contributed by atoms with van der Waals surface area (Å²) in [6.07, 6.45) is 4.29. The molecule has 0 aliphatic carbocycles. The topological polar surface area (TPSA) is 0 Å². The predicted octanol–water partition coefficient (Wildman–Crippen LogP) is 4.21. The van der Waals surface area contributed by atoms with Gasteiger partial charge in [0.05, 0.1) is 0 Å². The first-order valence-corrected chi connectivity index (χ1v) is 6.48. The van der Waals surface area contributed by atoms with Gasteiger partial charge in [-0.25, -0.2) is 0 Å². The van der Waals surface area contributed by atoms with Crippen LogP contribution in [-0.2, 0) is 0 Å². The van der Waals surface area contributed by atoms with Gasteiger partial charge in [0.15, 0.2) is 0 Å². The van der Waals surface area contributed by atoms with Crippen LogP contribution in [0, 0.1) is 0 Å². The Balaban J connectivity index is 2.80. The third kappa shape index (κ3) is 3.57. The molecule has 0 heterocycles. The highest BCUT2D eigenvalue weighted by Gasteiger charge is 1.91. The third-order valence-corrected chi connectivity index (χ3v) is 3.37. The molecule has 0 spiro atoms. The zero-order valence-electron chi connectivity index (χ0n) is 7.88. The first-order valence-electron chi connectivity index (χ1n) is 4.13. The van der Waals surface area contributed by atoms with Gasteiger partial charge in [0.2, 0.25) is 0 Å². The highest BCUT2D eigenvalue weighted by molar-refractivity contribution is 9.09. The number of allylic oxidation sites excluding steroid dienone is 1. The van der Waals surface area contributed by atoms with Crippen LogP contribution in [0.1, 0.15) is 12.5 Å². The molecule has 0 unspecified atom stereocenters. The van der Waals surface area contributed by atoms with Crippen molar-refractivity contribution in [3.8, 4) is 0 Å². The van der Waals surface area contributed by atoms with Gasteiger partial charge in [0.1, 0.15) is 0 Å². The molecule has 1 aromatic rings. The van der Waals surface area contributed by atoms with Gasteiger partial charge in [-0.2, -0.15) is 0 Å². The molecule has 1 aromatic carbocycles. The molecule has 0 nitrogen and oxygen atoms in total. The quantitative estimate of drug-likeness (QED) is 0.577. The van der Waals surface area contributed by atoms with Crippen LogP contribution in [-0.4, -0.2) is 11.6 Å². The monoisotopic (exact) mass is 256 g/mol. The Morgan fingerprint density at radius 2 is 2.00 bits per heavy atom. The maximum absolute atomic E-state index is 3.43. The predicted molar refractivity (Wildman–Crippen MR) is 65.7 cm³/mol. The molecular weight excluding hydrogens is 244 g/mol. The van der Waals surface area contributed by atoms with Crippen molar-refractivity contribution in [2.75, 3.05) is 11.6 Å². The van der Waals surface area contributed by atoms with E-state index < -0.39 is 0 Å². The lowest BCUT2D eigenvalue weighted by Gasteiger charge is -1.98.